The van der Waals surface area contributed by atoms with Gasteiger partial charge in [-0.1, -0.05) is 29.3 Å². The van der Waals surface area contributed by atoms with E-state index in [1.54, 1.807) is 13.0 Å². The average molecular weight is 457 g/mol. The molecule has 29 heavy (non-hydrogen) atoms. The van der Waals surface area contributed by atoms with Crippen LogP contribution in [0.3, 0.4) is 0 Å². The largest absolute Gasteiger partial charge is 0.452 e. The number of carbonyl (C=O) groups is 2. The molecule has 0 saturated heterocycles. The number of amides is 1. The Morgan fingerprint density at radius 1 is 1.14 bits per heavy atom. The Morgan fingerprint density at radius 3 is 2.55 bits per heavy atom. The van der Waals surface area contributed by atoms with Gasteiger partial charge in [-0.3, -0.25) is 4.79 Å². The molecule has 0 aliphatic heterocycles. The Morgan fingerprint density at radius 2 is 1.86 bits per heavy atom. The molecule has 1 aliphatic rings. The highest BCUT2D eigenvalue weighted by molar-refractivity contribution is 7.89. The van der Waals surface area contributed by atoms with E-state index in [1.807, 2.05) is 0 Å². The van der Waals surface area contributed by atoms with Crippen molar-refractivity contribution in [3.63, 3.8) is 0 Å². The van der Waals surface area contributed by atoms with Gasteiger partial charge in [-0.25, -0.2) is 17.9 Å². The van der Waals surface area contributed by atoms with Gasteiger partial charge in [-0.05, 0) is 55.7 Å². The summed E-state index contributed by atoms with van der Waals surface area (Å²) < 4.78 is 32.3. The number of benzene rings is 2. The number of carbonyl (C=O) groups excluding carboxylic acids is 2. The second-order valence-corrected chi connectivity index (χ2v) is 9.18. The van der Waals surface area contributed by atoms with Gasteiger partial charge in [0.25, 0.3) is 5.91 Å². The molecule has 3 rings (SSSR count). The number of nitrogens with one attached hydrogen (secondary N) is 2. The fourth-order valence-electron chi connectivity index (χ4n) is 2.47. The normalized spacial score (nSPS) is 13.8. The number of rotatable bonds is 7. The lowest BCUT2D eigenvalue weighted by Gasteiger charge is -2.11. The molecule has 10 heteroatoms. The predicted molar refractivity (Wildman–Crippen MR) is 110 cm³/mol. The summed E-state index contributed by atoms with van der Waals surface area (Å²) in [6.45, 7) is 1.07. The van der Waals surface area contributed by atoms with E-state index in [4.69, 9.17) is 27.9 Å². The molecule has 2 aromatic rings. The van der Waals surface area contributed by atoms with Gasteiger partial charge in [0.15, 0.2) is 6.61 Å². The first kappa shape index (κ1) is 21.6. The number of esters is 1. The van der Waals surface area contributed by atoms with Crippen LogP contribution in [0.25, 0.3) is 0 Å². The lowest BCUT2D eigenvalue weighted by molar-refractivity contribution is -0.119. The van der Waals surface area contributed by atoms with E-state index in [2.05, 4.69) is 10.0 Å². The van der Waals surface area contributed by atoms with Crippen molar-refractivity contribution in [2.24, 2.45) is 0 Å². The van der Waals surface area contributed by atoms with Gasteiger partial charge < -0.3 is 10.1 Å². The van der Waals surface area contributed by atoms with Crippen molar-refractivity contribution in [3.8, 4) is 0 Å². The Bertz CT molecular complexity index is 1070. The first-order valence-electron chi connectivity index (χ1n) is 8.71. The van der Waals surface area contributed by atoms with Crippen molar-refractivity contribution < 1.29 is 22.7 Å². The van der Waals surface area contributed by atoms with Crippen LogP contribution in [0.5, 0.6) is 0 Å². The minimum Gasteiger partial charge on any atom is -0.452 e. The zero-order chi connectivity index (χ0) is 21.2. The summed E-state index contributed by atoms with van der Waals surface area (Å²) in [6, 6.07) is 8.69. The van der Waals surface area contributed by atoms with E-state index in [-0.39, 0.29) is 27.2 Å². The Hall–Kier alpha value is -2.13. The number of aryl methyl sites for hydroxylation is 1. The maximum absolute atomic E-state index is 12.4. The van der Waals surface area contributed by atoms with Gasteiger partial charge in [0.1, 0.15) is 0 Å². The van der Waals surface area contributed by atoms with Crippen molar-refractivity contribution in [3.05, 3.63) is 57.6 Å². The fourth-order valence-corrected chi connectivity index (χ4v) is 4.13. The quantitative estimate of drug-likeness (QED) is 0.620. The molecule has 2 aromatic carbocycles. The summed E-state index contributed by atoms with van der Waals surface area (Å²) >= 11 is 11.8. The predicted octanol–water partition coefficient (Wildman–Crippen LogP) is 3.54. The standard InChI is InChI=1S/C19H18Cl2N2O5S/c1-11-2-6-14(29(26,27)23-13-4-5-13)9-15(11)19(25)28-10-18(24)22-17-8-12(20)3-7-16(17)21/h2-3,6-9,13,23H,4-5,10H2,1H3,(H,22,24). The maximum Gasteiger partial charge on any atom is 0.338 e. The second-order valence-electron chi connectivity index (χ2n) is 6.62. The van der Waals surface area contributed by atoms with Crippen molar-refractivity contribution in [2.45, 2.75) is 30.7 Å². The second kappa shape index (κ2) is 8.71. The molecule has 0 radical (unpaired) electrons. The highest BCUT2D eigenvalue weighted by Gasteiger charge is 2.28. The molecule has 0 heterocycles. The molecule has 154 valence electrons. The summed E-state index contributed by atoms with van der Waals surface area (Å²) in [5.74, 6) is -1.42. The Balaban J connectivity index is 1.66. The Kier molecular flexibility index (Phi) is 6.48. The number of sulfonamides is 1. The third-order valence-electron chi connectivity index (χ3n) is 4.18. The molecule has 0 unspecified atom stereocenters. The maximum atomic E-state index is 12.4. The highest BCUT2D eigenvalue weighted by Crippen LogP contribution is 2.26. The lowest BCUT2D eigenvalue weighted by atomic mass is 10.1. The minimum absolute atomic E-state index is 0.0305. The minimum atomic E-state index is -3.71. The third kappa shape index (κ3) is 5.70. The molecule has 0 bridgehead atoms. The van der Waals surface area contributed by atoms with Crippen LogP contribution in [0.4, 0.5) is 5.69 Å². The van der Waals surface area contributed by atoms with Gasteiger partial charge in [-0.15, -0.1) is 0 Å². The van der Waals surface area contributed by atoms with Crippen LogP contribution in [0.2, 0.25) is 10.0 Å². The zero-order valence-electron chi connectivity index (χ0n) is 15.4. The van der Waals surface area contributed by atoms with Crippen molar-refractivity contribution in [2.75, 3.05) is 11.9 Å². The fraction of sp³-hybridized carbons (Fsp3) is 0.263. The molecular formula is C19H18Cl2N2O5S. The first-order valence-corrected chi connectivity index (χ1v) is 10.9. The van der Waals surface area contributed by atoms with Gasteiger partial charge >= 0.3 is 5.97 Å². The average Bonchev–Trinajstić information content (AvgIpc) is 3.46. The summed E-state index contributed by atoms with van der Waals surface area (Å²) in [4.78, 5) is 24.4. The third-order valence-corrected chi connectivity index (χ3v) is 6.26. The van der Waals surface area contributed by atoms with Crippen LogP contribution in [0.1, 0.15) is 28.8 Å². The van der Waals surface area contributed by atoms with Crippen molar-refractivity contribution >= 4 is 50.8 Å². The molecule has 0 atom stereocenters. The molecule has 1 amide bonds. The van der Waals surface area contributed by atoms with Gasteiger partial charge in [-0.2, -0.15) is 0 Å². The zero-order valence-corrected chi connectivity index (χ0v) is 17.7. The van der Waals surface area contributed by atoms with E-state index in [1.165, 1.54) is 30.3 Å². The molecule has 1 fully saturated rings. The summed E-state index contributed by atoms with van der Waals surface area (Å²) in [5, 5.41) is 3.17. The molecule has 0 aromatic heterocycles. The van der Waals surface area contributed by atoms with Crippen LogP contribution in [0, 0.1) is 6.92 Å². The number of halogens is 2. The number of hydrogen-bond acceptors (Lipinski definition) is 5. The molecule has 1 saturated carbocycles. The Labute approximate surface area is 178 Å². The van der Waals surface area contributed by atoms with Crippen LogP contribution < -0.4 is 10.0 Å². The van der Waals surface area contributed by atoms with E-state index in [0.29, 0.717) is 10.6 Å². The van der Waals surface area contributed by atoms with Gasteiger partial charge in [0.2, 0.25) is 10.0 Å². The molecule has 1 aliphatic carbocycles. The SMILES string of the molecule is Cc1ccc(S(=O)(=O)NC2CC2)cc1C(=O)OCC(=O)Nc1cc(Cl)ccc1Cl. The molecule has 2 N–H and O–H groups in total. The summed E-state index contributed by atoms with van der Waals surface area (Å²) in [6.07, 6.45) is 1.59. The molecule has 0 spiro atoms. The van der Waals surface area contributed by atoms with Gasteiger partial charge in [0.05, 0.1) is 21.2 Å². The van der Waals surface area contributed by atoms with Crippen LogP contribution in [-0.4, -0.2) is 32.9 Å². The molecular weight excluding hydrogens is 439 g/mol. The number of anilines is 1. The van der Waals surface area contributed by atoms with Crippen molar-refractivity contribution in [1.29, 1.82) is 0 Å². The summed E-state index contributed by atoms with van der Waals surface area (Å²) in [5.41, 5.74) is 0.881. The number of hydrogen-bond donors (Lipinski definition) is 2. The van der Waals surface area contributed by atoms with E-state index in [9.17, 15) is 18.0 Å². The topological polar surface area (TPSA) is 102 Å². The van der Waals surface area contributed by atoms with Gasteiger partial charge in [0, 0.05) is 11.1 Å². The molecule has 7 nitrogen and oxygen atoms in total. The number of ether oxygens (including phenoxy) is 1. The van der Waals surface area contributed by atoms with Crippen LogP contribution in [0.15, 0.2) is 41.3 Å². The highest BCUT2D eigenvalue weighted by atomic mass is 35.5. The van der Waals surface area contributed by atoms with Crippen LogP contribution >= 0.6 is 23.2 Å². The first-order chi connectivity index (χ1) is 13.7. The monoisotopic (exact) mass is 456 g/mol. The lowest BCUT2D eigenvalue weighted by Crippen LogP contribution is -2.26. The van der Waals surface area contributed by atoms with Crippen LogP contribution in [-0.2, 0) is 19.6 Å². The smallest absolute Gasteiger partial charge is 0.338 e. The van der Waals surface area contributed by atoms with Crippen molar-refractivity contribution in [1.82, 2.24) is 4.72 Å². The van der Waals surface area contributed by atoms with E-state index >= 15 is 0 Å². The van der Waals surface area contributed by atoms with E-state index < -0.39 is 28.5 Å². The summed E-state index contributed by atoms with van der Waals surface area (Å²) in [7, 11) is -3.71. The van der Waals surface area contributed by atoms with E-state index in [0.717, 1.165) is 12.8 Å².